The first-order valence-corrected chi connectivity index (χ1v) is 17.2. The van der Waals surface area contributed by atoms with Crippen molar-refractivity contribution in [3.05, 3.63) is 0 Å². The van der Waals surface area contributed by atoms with E-state index in [1.54, 1.807) is 7.05 Å². The molecular formula is C27H51N3O6Si. The highest BCUT2D eigenvalue weighted by Gasteiger charge is 2.61. The van der Waals surface area contributed by atoms with Gasteiger partial charge >= 0.3 is 12.1 Å². The van der Waals surface area contributed by atoms with Crippen molar-refractivity contribution in [2.75, 3.05) is 13.7 Å². The van der Waals surface area contributed by atoms with Crippen LogP contribution in [0.1, 0.15) is 98.3 Å². The maximum Gasteiger partial charge on any atom is 0.328 e. The molecule has 1 unspecified atom stereocenters. The summed E-state index contributed by atoms with van der Waals surface area (Å²) in [7, 11) is -0.908. The number of nitrogens with one attached hydrogen (secondary N) is 1. The van der Waals surface area contributed by atoms with Crippen LogP contribution in [0.15, 0.2) is 0 Å². The summed E-state index contributed by atoms with van der Waals surface area (Å²) in [5.41, 5.74) is -2.93. The number of aliphatic hydroxyl groups is 2. The average Bonchev–Trinajstić information content (AvgIpc) is 3.17. The molecule has 2 heterocycles. The minimum atomic E-state index is -2.46. The van der Waals surface area contributed by atoms with Crippen molar-refractivity contribution in [3.63, 3.8) is 0 Å². The van der Waals surface area contributed by atoms with E-state index in [4.69, 9.17) is 4.74 Å². The zero-order valence-corrected chi connectivity index (χ0v) is 25.1. The van der Waals surface area contributed by atoms with Gasteiger partial charge in [-0.1, -0.05) is 92.2 Å². The Labute approximate surface area is 224 Å². The van der Waals surface area contributed by atoms with Crippen LogP contribution in [-0.2, 0) is 9.53 Å². The van der Waals surface area contributed by atoms with Crippen molar-refractivity contribution in [1.82, 2.24) is 15.1 Å². The van der Waals surface area contributed by atoms with Gasteiger partial charge in [-0.05, 0) is 11.5 Å². The summed E-state index contributed by atoms with van der Waals surface area (Å²) in [6.07, 6.45) is 8.05. The van der Waals surface area contributed by atoms with E-state index in [0.29, 0.717) is 6.42 Å². The van der Waals surface area contributed by atoms with Gasteiger partial charge in [-0.3, -0.25) is 15.0 Å². The Morgan fingerprint density at radius 3 is 2.16 bits per heavy atom. The largest absolute Gasteiger partial charge is 0.394 e. The Morgan fingerprint density at radius 1 is 1.08 bits per heavy atom. The van der Waals surface area contributed by atoms with Crippen LogP contribution >= 0.6 is 0 Å². The Kier molecular flexibility index (Phi) is 11.2. The highest BCUT2D eigenvalue weighted by Crippen LogP contribution is 2.45. The van der Waals surface area contributed by atoms with Crippen LogP contribution < -0.4 is 5.32 Å². The lowest BCUT2D eigenvalue weighted by atomic mass is 9.87. The summed E-state index contributed by atoms with van der Waals surface area (Å²) in [6.45, 7) is 12.4. The topological polar surface area (TPSA) is 119 Å². The zero-order valence-electron chi connectivity index (χ0n) is 24.1. The fourth-order valence-electron chi connectivity index (χ4n) is 4.98. The van der Waals surface area contributed by atoms with E-state index in [9.17, 15) is 24.6 Å². The van der Waals surface area contributed by atoms with Gasteiger partial charge in [-0.2, -0.15) is 0 Å². The van der Waals surface area contributed by atoms with Gasteiger partial charge in [0.05, 0.1) is 13.8 Å². The maximum atomic E-state index is 13.5. The number of unbranched alkanes of at least 4 members (excludes halogenated alkanes) is 8. The van der Waals surface area contributed by atoms with Gasteiger partial charge in [0.25, 0.3) is 0 Å². The molecule has 2 saturated heterocycles. The fraction of sp³-hybridized carbons (Fsp3) is 0.889. The summed E-state index contributed by atoms with van der Waals surface area (Å²) in [4.78, 5) is 40.5. The van der Waals surface area contributed by atoms with Gasteiger partial charge in [0.1, 0.15) is 19.0 Å². The lowest BCUT2D eigenvalue weighted by Gasteiger charge is -2.45. The Morgan fingerprint density at radius 2 is 1.62 bits per heavy atom. The van der Waals surface area contributed by atoms with Crippen molar-refractivity contribution >= 4 is 25.9 Å². The second-order valence-corrected chi connectivity index (χ2v) is 18.1. The maximum absolute atomic E-state index is 13.5. The molecule has 0 aromatic rings. The molecule has 2 rings (SSSR count). The summed E-state index contributed by atoms with van der Waals surface area (Å²) in [5.74, 6) is -0.345. The molecule has 0 spiro atoms. The van der Waals surface area contributed by atoms with Crippen LogP contribution in [0.5, 0.6) is 0 Å². The van der Waals surface area contributed by atoms with Crippen LogP contribution in [0.4, 0.5) is 9.59 Å². The van der Waals surface area contributed by atoms with Crippen molar-refractivity contribution in [2.24, 2.45) is 0 Å². The Balaban J connectivity index is 2.11. The summed E-state index contributed by atoms with van der Waals surface area (Å²) in [5, 5.41) is 25.4. The molecule has 0 aliphatic carbocycles. The van der Waals surface area contributed by atoms with E-state index in [0.717, 1.165) is 19.3 Å². The van der Waals surface area contributed by atoms with Crippen molar-refractivity contribution in [3.8, 4) is 0 Å². The van der Waals surface area contributed by atoms with E-state index in [1.807, 2.05) is 13.1 Å². The second kappa shape index (κ2) is 13.0. The number of amides is 4. The third-order valence-corrected chi connectivity index (χ3v) is 14.4. The number of hydrogen-bond acceptors (Lipinski definition) is 6. The number of hydrogen-bond donors (Lipinski definition) is 3. The number of carbonyl (C=O) groups excluding carboxylic acids is 3. The predicted octanol–water partition coefficient (Wildman–Crippen LogP) is 4.77. The molecule has 2 aliphatic heterocycles. The van der Waals surface area contributed by atoms with Crippen molar-refractivity contribution in [2.45, 2.75) is 140 Å². The second-order valence-electron chi connectivity index (χ2n) is 12.6. The van der Waals surface area contributed by atoms with Crippen molar-refractivity contribution < 1.29 is 29.3 Å². The number of imide groups is 1. The molecule has 9 nitrogen and oxygen atoms in total. The third-order valence-electron chi connectivity index (χ3n) is 8.74. The number of rotatable bonds is 14. The number of ketones is 1. The first-order valence-electron chi connectivity index (χ1n) is 14.1. The first kappa shape index (κ1) is 31.7. The molecule has 0 aromatic carbocycles. The van der Waals surface area contributed by atoms with E-state index in [1.165, 1.54) is 41.9 Å². The number of carbonyl (C=O) groups is 3. The highest BCUT2D eigenvalue weighted by atomic mass is 28.3. The average molecular weight is 542 g/mol. The van der Waals surface area contributed by atoms with Crippen LogP contribution in [0.3, 0.4) is 0 Å². The fourth-order valence-corrected chi connectivity index (χ4v) is 6.97. The number of nitrogens with zero attached hydrogens (tertiary/aromatic N) is 2. The van der Waals surface area contributed by atoms with E-state index in [2.05, 4.69) is 33.0 Å². The van der Waals surface area contributed by atoms with E-state index >= 15 is 0 Å². The van der Waals surface area contributed by atoms with Gasteiger partial charge < -0.3 is 19.8 Å². The molecular weight excluding hydrogens is 490 g/mol. The molecule has 10 heteroatoms. The minimum Gasteiger partial charge on any atom is -0.394 e. The van der Waals surface area contributed by atoms with Gasteiger partial charge in [-0.25, -0.2) is 9.59 Å². The van der Waals surface area contributed by atoms with E-state index in [-0.39, 0.29) is 30.3 Å². The predicted molar refractivity (Wildman–Crippen MR) is 147 cm³/mol. The molecule has 37 heavy (non-hydrogen) atoms. The molecule has 3 N–H and O–H groups in total. The quantitative estimate of drug-likeness (QED) is 0.215. The molecule has 0 aromatic heterocycles. The summed E-state index contributed by atoms with van der Waals surface area (Å²) < 4.78 is 6.17. The van der Waals surface area contributed by atoms with Crippen LogP contribution in [0.25, 0.3) is 0 Å². The monoisotopic (exact) mass is 541 g/mol. The molecule has 0 saturated carbocycles. The van der Waals surface area contributed by atoms with E-state index < -0.39 is 43.8 Å². The SMILES string of the molecule is CCCCCCCCCCCC(=O)[C@]1(O)C[C@H](N2CN(C)C(=O)NC2=O)O[C@@H]1C(O)[Si](C)(C)C(C)(C)C. The molecule has 0 bridgehead atoms. The lowest BCUT2D eigenvalue weighted by molar-refractivity contribution is -0.150. The Bertz CT molecular complexity index is 802. The third kappa shape index (κ3) is 7.55. The number of ether oxygens (including phenoxy) is 1. The molecule has 214 valence electrons. The highest BCUT2D eigenvalue weighted by molar-refractivity contribution is 6.81. The van der Waals surface area contributed by atoms with Crippen molar-refractivity contribution in [1.29, 1.82) is 0 Å². The number of urea groups is 2. The van der Waals surface area contributed by atoms with Gasteiger partial charge in [-0.15, -0.1) is 0 Å². The standard InChI is InChI=1S/C27H51N3O6Si/c1-8-9-10-11-12-13-14-15-16-17-20(31)27(35)18-21(30-19-29(5)24(33)28-25(30)34)36-22(27)23(32)37(6,7)26(2,3)4/h21-23,32,35H,8-19H2,1-7H3,(H,28,33,34)/t21-,22-,23?,27-/m1/s1. The minimum absolute atomic E-state index is 0.0270. The lowest BCUT2D eigenvalue weighted by Crippen LogP contribution is -2.62. The number of Topliss-reactive ketones (excluding diaryl/α,β-unsaturated/α-hetero) is 1. The van der Waals surface area contributed by atoms with Gasteiger partial charge in [0.15, 0.2) is 11.4 Å². The van der Waals surface area contributed by atoms with Crippen LogP contribution in [-0.4, -0.2) is 83.3 Å². The molecule has 0 radical (unpaired) electrons. The Hall–Kier alpha value is -1.49. The summed E-state index contributed by atoms with van der Waals surface area (Å²) in [6, 6.07) is -1.15. The molecule has 2 aliphatic rings. The van der Waals surface area contributed by atoms with Crippen LogP contribution in [0.2, 0.25) is 18.1 Å². The summed E-state index contributed by atoms with van der Waals surface area (Å²) >= 11 is 0. The zero-order chi connectivity index (χ0) is 28.0. The number of aliphatic hydroxyl groups excluding tert-OH is 1. The van der Waals surface area contributed by atoms with Crippen LogP contribution in [0, 0.1) is 0 Å². The smallest absolute Gasteiger partial charge is 0.328 e. The van der Waals surface area contributed by atoms with Gasteiger partial charge in [0, 0.05) is 19.9 Å². The first-order chi connectivity index (χ1) is 17.2. The van der Waals surface area contributed by atoms with Gasteiger partial charge in [0.2, 0.25) is 0 Å². The molecule has 2 fully saturated rings. The molecule has 4 amide bonds. The molecule has 4 atom stereocenters. The normalized spacial score (nSPS) is 26.0.